The van der Waals surface area contributed by atoms with Crippen LogP contribution in [0, 0.1) is 0 Å². The smallest absolute Gasteiger partial charge is 0.362 e. The number of H-pyrrole nitrogens is 1. The molecule has 4 rings (SSSR count). The topological polar surface area (TPSA) is 79.4 Å². The van der Waals surface area contributed by atoms with Gasteiger partial charge in [0, 0.05) is 17.5 Å². The van der Waals surface area contributed by atoms with Crippen LogP contribution >= 0.6 is 0 Å². The van der Waals surface area contributed by atoms with Gasteiger partial charge in [0.1, 0.15) is 29.8 Å². The van der Waals surface area contributed by atoms with Crippen molar-refractivity contribution in [2.75, 3.05) is 5.32 Å². The second kappa shape index (κ2) is 5.43. The summed E-state index contributed by atoms with van der Waals surface area (Å²) in [5.74, 6) is 0.369. The van der Waals surface area contributed by atoms with Gasteiger partial charge in [0.2, 0.25) is 0 Å². The molecule has 6 nitrogen and oxygen atoms in total. The highest BCUT2D eigenvalue weighted by atomic mass is 19.4. The molecule has 1 atom stereocenters. The fourth-order valence-electron chi connectivity index (χ4n) is 3.02. The Kier molecular flexibility index (Phi) is 3.36. The van der Waals surface area contributed by atoms with E-state index >= 15 is 0 Å². The first kappa shape index (κ1) is 14.9. The van der Waals surface area contributed by atoms with Crippen LogP contribution in [0.15, 0.2) is 24.9 Å². The van der Waals surface area contributed by atoms with E-state index in [0.717, 1.165) is 36.6 Å². The molecule has 1 aliphatic carbocycles. The van der Waals surface area contributed by atoms with Crippen molar-refractivity contribution in [1.82, 2.24) is 24.9 Å². The Bertz CT molecular complexity index is 888. The first-order valence-corrected chi connectivity index (χ1v) is 7.48. The van der Waals surface area contributed by atoms with Gasteiger partial charge in [-0.25, -0.2) is 19.9 Å². The summed E-state index contributed by atoms with van der Waals surface area (Å²) in [5.41, 5.74) is 1.24. The highest BCUT2D eigenvalue weighted by Crippen LogP contribution is 2.35. The monoisotopic (exact) mass is 334 g/mol. The Labute approximate surface area is 134 Å². The second-order valence-electron chi connectivity index (χ2n) is 5.68. The summed E-state index contributed by atoms with van der Waals surface area (Å²) in [6.07, 6.45) is 2.69. The molecular formula is C15H13F3N6. The van der Waals surface area contributed by atoms with Gasteiger partial charge < -0.3 is 10.3 Å². The van der Waals surface area contributed by atoms with Gasteiger partial charge in [-0.1, -0.05) is 0 Å². The van der Waals surface area contributed by atoms with Crippen molar-refractivity contribution in [2.24, 2.45) is 0 Å². The van der Waals surface area contributed by atoms with Gasteiger partial charge in [0.15, 0.2) is 0 Å². The third-order valence-corrected chi connectivity index (χ3v) is 4.15. The van der Waals surface area contributed by atoms with Crippen LogP contribution in [0.5, 0.6) is 0 Å². The van der Waals surface area contributed by atoms with Crippen LogP contribution in [0.1, 0.15) is 35.8 Å². The molecule has 3 aromatic rings. The molecule has 0 saturated heterocycles. The SMILES string of the molecule is FC(F)(F)c1cc2c(NC3CCCc4ncncc43)ncnc2[nH]1. The molecule has 0 aliphatic heterocycles. The van der Waals surface area contributed by atoms with Crippen molar-refractivity contribution in [3.63, 3.8) is 0 Å². The number of rotatable bonds is 2. The molecule has 0 spiro atoms. The molecular weight excluding hydrogens is 321 g/mol. The minimum Gasteiger partial charge on any atom is -0.362 e. The van der Waals surface area contributed by atoms with Crippen LogP contribution in [0.3, 0.4) is 0 Å². The van der Waals surface area contributed by atoms with Crippen molar-refractivity contribution in [3.05, 3.63) is 41.9 Å². The minimum atomic E-state index is -4.46. The number of aromatic nitrogens is 5. The molecule has 0 radical (unpaired) electrons. The number of aryl methyl sites for hydroxylation is 1. The third kappa shape index (κ3) is 2.55. The fourth-order valence-corrected chi connectivity index (χ4v) is 3.02. The van der Waals surface area contributed by atoms with E-state index in [1.807, 2.05) is 0 Å². The van der Waals surface area contributed by atoms with E-state index in [0.29, 0.717) is 11.2 Å². The zero-order valence-corrected chi connectivity index (χ0v) is 12.4. The Morgan fingerprint density at radius 2 is 2.04 bits per heavy atom. The number of nitrogens with one attached hydrogen (secondary N) is 2. The zero-order chi connectivity index (χ0) is 16.7. The Balaban J connectivity index is 1.72. The highest BCUT2D eigenvalue weighted by molar-refractivity contribution is 5.87. The van der Waals surface area contributed by atoms with Crippen LogP contribution in [-0.2, 0) is 12.6 Å². The van der Waals surface area contributed by atoms with E-state index < -0.39 is 11.9 Å². The van der Waals surface area contributed by atoms with Crippen LogP contribution in [0.4, 0.5) is 19.0 Å². The minimum absolute atomic E-state index is 0.0858. The predicted molar refractivity (Wildman–Crippen MR) is 80.2 cm³/mol. The standard InChI is InChI=1S/C15H13F3N6/c16-15(17,18)12-4-8-13(21-7-22-14(8)24-12)23-11-3-1-2-10-9(11)5-19-6-20-10/h4-7,11H,1-3H2,(H2,21,22,23,24). The average Bonchev–Trinajstić information content (AvgIpc) is 3.01. The Morgan fingerprint density at radius 1 is 1.17 bits per heavy atom. The fraction of sp³-hybridized carbons (Fsp3) is 0.333. The normalized spacial score (nSPS) is 17.7. The van der Waals surface area contributed by atoms with Crippen molar-refractivity contribution < 1.29 is 13.2 Å². The van der Waals surface area contributed by atoms with Crippen molar-refractivity contribution >= 4 is 16.9 Å². The average molecular weight is 334 g/mol. The first-order valence-electron chi connectivity index (χ1n) is 7.48. The van der Waals surface area contributed by atoms with E-state index in [1.54, 1.807) is 6.20 Å². The number of aromatic amines is 1. The molecule has 2 N–H and O–H groups in total. The first-order chi connectivity index (χ1) is 11.5. The van der Waals surface area contributed by atoms with Crippen molar-refractivity contribution in [3.8, 4) is 0 Å². The number of hydrogen-bond donors (Lipinski definition) is 2. The van der Waals surface area contributed by atoms with Gasteiger partial charge >= 0.3 is 6.18 Å². The Morgan fingerprint density at radius 3 is 2.88 bits per heavy atom. The molecule has 1 aliphatic rings. The van der Waals surface area contributed by atoms with Gasteiger partial charge in [-0.2, -0.15) is 13.2 Å². The lowest BCUT2D eigenvalue weighted by Gasteiger charge is -2.25. The summed E-state index contributed by atoms with van der Waals surface area (Å²) in [5, 5.41) is 3.54. The van der Waals surface area contributed by atoms with Crippen LogP contribution in [0.25, 0.3) is 11.0 Å². The van der Waals surface area contributed by atoms with E-state index in [4.69, 9.17) is 0 Å². The largest absolute Gasteiger partial charge is 0.431 e. The quantitative estimate of drug-likeness (QED) is 0.752. The number of anilines is 1. The molecule has 3 aromatic heterocycles. The zero-order valence-electron chi connectivity index (χ0n) is 12.4. The summed E-state index contributed by atoms with van der Waals surface area (Å²) in [4.78, 5) is 18.6. The number of fused-ring (bicyclic) bond motifs is 2. The number of alkyl halides is 3. The van der Waals surface area contributed by atoms with Crippen molar-refractivity contribution in [2.45, 2.75) is 31.5 Å². The molecule has 0 aromatic carbocycles. The molecule has 0 bridgehead atoms. The highest BCUT2D eigenvalue weighted by Gasteiger charge is 2.33. The molecule has 1 unspecified atom stereocenters. The third-order valence-electron chi connectivity index (χ3n) is 4.15. The predicted octanol–water partition coefficient (Wildman–Crippen LogP) is 3.26. The molecule has 0 fully saturated rings. The number of halogens is 3. The van der Waals surface area contributed by atoms with Crippen LogP contribution in [-0.4, -0.2) is 24.9 Å². The summed E-state index contributed by atoms with van der Waals surface area (Å²) in [6, 6.07) is 0.945. The van der Waals surface area contributed by atoms with Crippen LogP contribution < -0.4 is 5.32 Å². The lowest BCUT2D eigenvalue weighted by molar-refractivity contribution is -0.140. The Hall–Kier alpha value is -2.71. The van der Waals surface area contributed by atoms with Gasteiger partial charge in [-0.05, 0) is 25.3 Å². The van der Waals surface area contributed by atoms with Crippen LogP contribution in [0.2, 0.25) is 0 Å². The molecule has 9 heteroatoms. The maximum Gasteiger partial charge on any atom is 0.431 e. The number of hydrogen-bond acceptors (Lipinski definition) is 5. The molecule has 124 valence electrons. The lowest BCUT2D eigenvalue weighted by Crippen LogP contribution is -2.19. The molecule has 0 saturated carbocycles. The lowest BCUT2D eigenvalue weighted by atomic mass is 9.92. The van der Waals surface area contributed by atoms with Gasteiger partial charge in [0.25, 0.3) is 0 Å². The summed E-state index contributed by atoms with van der Waals surface area (Å²) < 4.78 is 38.7. The van der Waals surface area contributed by atoms with Gasteiger partial charge in [-0.3, -0.25) is 0 Å². The maximum atomic E-state index is 12.9. The molecule has 3 heterocycles. The number of nitrogens with zero attached hydrogens (tertiary/aromatic N) is 4. The summed E-state index contributed by atoms with van der Waals surface area (Å²) >= 11 is 0. The molecule has 24 heavy (non-hydrogen) atoms. The summed E-state index contributed by atoms with van der Waals surface area (Å²) in [7, 11) is 0. The molecule has 0 amide bonds. The second-order valence-corrected chi connectivity index (χ2v) is 5.68. The van der Waals surface area contributed by atoms with E-state index in [1.165, 1.54) is 12.7 Å². The van der Waals surface area contributed by atoms with Gasteiger partial charge in [0.05, 0.1) is 11.4 Å². The van der Waals surface area contributed by atoms with E-state index in [2.05, 4.69) is 30.2 Å². The van der Waals surface area contributed by atoms with E-state index in [-0.39, 0.29) is 11.7 Å². The summed E-state index contributed by atoms with van der Waals surface area (Å²) in [6.45, 7) is 0. The maximum absolute atomic E-state index is 12.9. The van der Waals surface area contributed by atoms with E-state index in [9.17, 15) is 13.2 Å². The van der Waals surface area contributed by atoms with Crippen molar-refractivity contribution in [1.29, 1.82) is 0 Å². The van der Waals surface area contributed by atoms with Gasteiger partial charge in [-0.15, -0.1) is 0 Å².